The van der Waals surface area contributed by atoms with E-state index in [1.54, 1.807) is 13.1 Å². The third-order valence-electron chi connectivity index (χ3n) is 6.59. The van der Waals surface area contributed by atoms with E-state index in [0.29, 0.717) is 12.2 Å². The summed E-state index contributed by atoms with van der Waals surface area (Å²) in [4.78, 5) is 32.0. The van der Waals surface area contributed by atoms with Crippen LogP contribution >= 0.6 is 0 Å². The highest BCUT2D eigenvalue weighted by Crippen LogP contribution is 2.31. The van der Waals surface area contributed by atoms with Gasteiger partial charge in [-0.2, -0.15) is 5.10 Å². The molecule has 1 saturated heterocycles. The summed E-state index contributed by atoms with van der Waals surface area (Å²) in [6, 6.07) is 11.1. The molecule has 4 N–H and O–H groups in total. The van der Waals surface area contributed by atoms with Gasteiger partial charge in [-0.1, -0.05) is 18.2 Å². The molecule has 1 atom stereocenters. The lowest BCUT2D eigenvalue weighted by Gasteiger charge is -2.27. The van der Waals surface area contributed by atoms with Crippen molar-refractivity contribution in [2.45, 2.75) is 13.0 Å². The molecule has 4 rings (SSSR count). The first-order valence-corrected chi connectivity index (χ1v) is 13.2. The first-order chi connectivity index (χ1) is 20.2. The third kappa shape index (κ3) is 7.01. The quantitative estimate of drug-likeness (QED) is 0.218. The summed E-state index contributed by atoms with van der Waals surface area (Å²) in [5.74, 6) is -1.67. The second-order valence-corrected chi connectivity index (χ2v) is 9.37. The van der Waals surface area contributed by atoms with Crippen molar-refractivity contribution in [1.82, 2.24) is 20.4 Å². The molecular formula is C28H33F2N9O3. The summed E-state index contributed by atoms with van der Waals surface area (Å²) >= 11 is 0. The van der Waals surface area contributed by atoms with Crippen LogP contribution in [0.2, 0.25) is 0 Å². The van der Waals surface area contributed by atoms with Gasteiger partial charge < -0.3 is 20.7 Å². The van der Waals surface area contributed by atoms with Crippen molar-refractivity contribution >= 4 is 46.8 Å². The maximum absolute atomic E-state index is 15.2. The maximum atomic E-state index is 15.2. The van der Waals surface area contributed by atoms with E-state index in [1.165, 1.54) is 34.4 Å². The van der Waals surface area contributed by atoms with Crippen LogP contribution in [0.5, 0.6) is 0 Å². The number of hydrogen-bond acceptors (Lipinski definition) is 9. The number of cyclic esters (lactones) is 1. The average Bonchev–Trinajstić information content (AvgIpc) is 3.35. The summed E-state index contributed by atoms with van der Waals surface area (Å²) in [5, 5.41) is 10.0. The Bertz CT molecular complexity index is 1450. The molecule has 0 unspecified atom stereocenters. The Balaban J connectivity index is 1.34. The zero-order valence-electron chi connectivity index (χ0n) is 23.3. The minimum absolute atomic E-state index is 0.0301. The Labute approximate surface area is 242 Å². The molecule has 1 aromatic heterocycles. The molecule has 0 aliphatic carbocycles. The number of pyridine rings is 1. The van der Waals surface area contributed by atoms with Crippen LogP contribution in [0.15, 0.2) is 66.2 Å². The monoisotopic (exact) mass is 581 g/mol. The molecule has 1 aliphatic rings. The molecule has 3 aromatic rings. The minimum atomic E-state index is -0.835. The first-order valence-electron chi connectivity index (χ1n) is 13.2. The van der Waals surface area contributed by atoms with Gasteiger partial charge in [0.15, 0.2) is 11.6 Å². The van der Waals surface area contributed by atoms with Crippen molar-refractivity contribution in [2.75, 3.05) is 54.9 Å². The molecule has 0 spiro atoms. The molecule has 222 valence electrons. The Hall–Kier alpha value is -4.98. The summed E-state index contributed by atoms with van der Waals surface area (Å²) in [6.45, 7) is 6.10. The Morgan fingerprint density at radius 2 is 2.02 bits per heavy atom. The standard InChI is InChI=1S/C28H33F2N9O3/c1-4-37(12-10-34-36(3)27(40)35-20-13-19-7-5-6-8-25(19)33-16-20)26-23(29)14-21(15-24(26)30)39-18-22(42-28(39)41)17-38(32-2)11-9-31/h5-9,11,13-16,22,34H,2,4,10,12,17-18,31H2,1,3H3,(H,35,40)/b11-9-/t22-/m0/s1. The fourth-order valence-corrected chi connectivity index (χ4v) is 4.51. The Morgan fingerprint density at radius 1 is 1.29 bits per heavy atom. The molecule has 42 heavy (non-hydrogen) atoms. The second-order valence-electron chi connectivity index (χ2n) is 9.37. The fourth-order valence-electron chi connectivity index (χ4n) is 4.51. The van der Waals surface area contributed by atoms with Crippen molar-refractivity contribution in [3.63, 3.8) is 0 Å². The van der Waals surface area contributed by atoms with Gasteiger partial charge in [-0.3, -0.25) is 19.9 Å². The Morgan fingerprint density at radius 3 is 2.71 bits per heavy atom. The number of benzene rings is 2. The number of para-hydroxylation sites is 1. The number of nitrogens with one attached hydrogen (secondary N) is 2. The van der Waals surface area contributed by atoms with Crippen molar-refractivity contribution in [2.24, 2.45) is 10.8 Å². The predicted octanol–water partition coefficient (Wildman–Crippen LogP) is 3.68. The largest absolute Gasteiger partial charge is 0.442 e. The molecule has 14 heteroatoms. The number of aromatic nitrogens is 1. The third-order valence-corrected chi connectivity index (χ3v) is 6.59. The number of rotatable bonds is 12. The zero-order chi connectivity index (χ0) is 30.2. The molecule has 2 aromatic carbocycles. The van der Waals surface area contributed by atoms with Gasteiger partial charge in [0.25, 0.3) is 0 Å². The first kappa shape index (κ1) is 30.0. The fraction of sp³-hybridized carbons (Fsp3) is 0.286. The smallest absolute Gasteiger partial charge is 0.414 e. The van der Waals surface area contributed by atoms with Crippen LogP contribution in [-0.2, 0) is 4.74 Å². The van der Waals surface area contributed by atoms with E-state index in [-0.39, 0.29) is 37.6 Å². The number of carbonyl (C=O) groups is 2. The number of anilines is 3. The highest BCUT2D eigenvalue weighted by atomic mass is 19.1. The molecule has 3 amide bonds. The van der Waals surface area contributed by atoms with Gasteiger partial charge in [-0.15, -0.1) is 0 Å². The topological polar surface area (TPSA) is 132 Å². The van der Waals surface area contributed by atoms with Crippen LogP contribution in [-0.4, -0.2) is 79.7 Å². The van der Waals surface area contributed by atoms with E-state index < -0.39 is 29.9 Å². The van der Waals surface area contributed by atoms with Gasteiger partial charge in [0.2, 0.25) is 0 Å². The molecule has 2 heterocycles. The summed E-state index contributed by atoms with van der Waals surface area (Å²) in [7, 11) is 1.54. The lowest BCUT2D eigenvalue weighted by molar-refractivity contribution is 0.123. The van der Waals surface area contributed by atoms with Gasteiger partial charge in [0.1, 0.15) is 11.8 Å². The van der Waals surface area contributed by atoms with Crippen molar-refractivity contribution in [1.29, 1.82) is 0 Å². The van der Waals surface area contributed by atoms with Crippen LogP contribution < -0.4 is 26.3 Å². The van der Waals surface area contributed by atoms with E-state index in [9.17, 15) is 9.59 Å². The average molecular weight is 582 g/mol. The number of carbonyl (C=O) groups excluding carboxylic acids is 2. The van der Waals surface area contributed by atoms with Gasteiger partial charge in [-0.05, 0) is 19.1 Å². The van der Waals surface area contributed by atoms with Crippen LogP contribution in [0.4, 0.5) is 35.4 Å². The van der Waals surface area contributed by atoms with Gasteiger partial charge in [0, 0.05) is 63.3 Å². The van der Waals surface area contributed by atoms with Crippen molar-refractivity contribution in [3.05, 3.63) is 72.7 Å². The number of hydrazine groups is 1. The molecule has 0 saturated carbocycles. The Kier molecular flexibility index (Phi) is 9.70. The van der Waals surface area contributed by atoms with Crippen LogP contribution in [0.1, 0.15) is 6.92 Å². The lowest BCUT2D eigenvalue weighted by atomic mass is 10.2. The highest BCUT2D eigenvalue weighted by molar-refractivity contribution is 5.92. The van der Waals surface area contributed by atoms with Gasteiger partial charge in [0.05, 0.1) is 36.2 Å². The van der Waals surface area contributed by atoms with Crippen LogP contribution in [0.25, 0.3) is 10.9 Å². The number of fused-ring (bicyclic) bond motifs is 1. The van der Waals surface area contributed by atoms with Gasteiger partial charge in [-0.25, -0.2) is 23.8 Å². The number of hydrogen-bond donors (Lipinski definition) is 3. The van der Waals surface area contributed by atoms with E-state index in [1.807, 2.05) is 30.3 Å². The molecule has 1 fully saturated rings. The predicted molar refractivity (Wildman–Crippen MR) is 158 cm³/mol. The molecule has 0 radical (unpaired) electrons. The number of nitrogens with two attached hydrogens (primary N) is 1. The normalized spacial score (nSPS) is 14.7. The summed E-state index contributed by atoms with van der Waals surface area (Å²) in [5.41, 5.74) is 9.43. The van der Waals surface area contributed by atoms with E-state index >= 15 is 8.78 Å². The summed E-state index contributed by atoms with van der Waals surface area (Å²) in [6.07, 6.45) is 2.94. The molecule has 0 bridgehead atoms. The highest BCUT2D eigenvalue weighted by Gasteiger charge is 2.34. The van der Waals surface area contributed by atoms with E-state index in [0.717, 1.165) is 27.9 Å². The summed E-state index contributed by atoms with van der Waals surface area (Å²) < 4.78 is 35.8. The van der Waals surface area contributed by atoms with Crippen LogP contribution in [0, 0.1) is 11.6 Å². The number of likely N-dealkylation sites (N-methyl/N-ethyl adjacent to an activating group) is 1. The number of amides is 3. The minimum Gasteiger partial charge on any atom is -0.442 e. The molecular weight excluding hydrogens is 548 g/mol. The van der Waals surface area contributed by atoms with E-state index in [4.69, 9.17) is 10.5 Å². The molecule has 12 nitrogen and oxygen atoms in total. The lowest BCUT2D eigenvalue weighted by Crippen LogP contribution is -2.45. The molecule has 1 aliphatic heterocycles. The second kappa shape index (κ2) is 13.6. The van der Waals surface area contributed by atoms with Gasteiger partial charge >= 0.3 is 12.1 Å². The van der Waals surface area contributed by atoms with E-state index in [2.05, 4.69) is 27.5 Å². The number of urea groups is 1. The number of halogens is 2. The SMILES string of the molecule is C=NN(/C=C\N)C[C@H]1CN(c2cc(F)c(N(CC)CCNN(C)C(=O)Nc3cnc4ccccc4c3)c(F)c2)C(=O)O1. The number of ether oxygens (including phenoxy) is 1. The maximum Gasteiger partial charge on any atom is 0.414 e. The van der Waals surface area contributed by atoms with Crippen molar-refractivity contribution < 1.29 is 23.1 Å². The number of nitrogens with zero attached hydrogens (tertiary/aromatic N) is 6. The van der Waals surface area contributed by atoms with Crippen LogP contribution in [0.3, 0.4) is 0 Å². The zero-order valence-corrected chi connectivity index (χ0v) is 23.3. The van der Waals surface area contributed by atoms with Crippen molar-refractivity contribution in [3.8, 4) is 0 Å². The number of hydrazone groups is 1.